The Hall–Kier alpha value is -4.96. The quantitative estimate of drug-likeness (QED) is 0.253. The van der Waals surface area contributed by atoms with E-state index >= 15 is 0 Å². The number of fused-ring (bicyclic) bond motifs is 6. The van der Waals surface area contributed by atoms with Crippen LogP contribution in [-0.2, 0) is 0 Å². The molecular weight excluding hydrogens is 440 g/mol. The second kappa shape index (κ2) is 8.36. The molecule has 0 unspecified atom stereocenters. The van der Waals surface area contributed by atoms with Gasteiger partial charge in [0.25, 0.3) is 0 Å². The first-order valence-electron chi connectivity index (χ1n) is 11.9. The Bertz CT molecular complexity index is 1790. The van der Waals surface area contributed by atoms with Crippen molar-refractivity contribution < 1.29 is 0 Å². The van der Waals surface area contributed by atoms with Gasteiger partial charge in [0.15, 0.2) is 17.5 Å². The average molecular weight is 461 g/mol. The summed E-state index contributed by atoms with van der Waals surface area (Å²) in [7, 11) is 0. The fourth-order valence-corrected chi connectivity index (χ4v) is 4.90. The zero-order chi connectivity index (χ0) is 23.9. The van der Waals surface area contributed by atoms with Crippen molar-refractivity contribution >= 4 is 32.3 Å². The van der Waals surface area contributed by atoms with Gasteiger partial charge in [-0.25, -0.2) is 15.0 Å². The first kappa shape index (κ1) is 20.4. The summed E-state index contributed by atoms with van der Waals surface area (Å²) in [5, 5.41) is 7.39. The lowest BCUT2D eigenvalue weighted by molar-refractivity contribution is 1.07. The molecule has 4 nitrogen and oxygen atoms in total. The Morgan fingerprint density at radius 2 is 0.778 bits per heavy atom. The molecule has 2 heterocycles. The van der Waals surface area contributed by atoms with E-state index in [4.69, 9.17) is 15.0 Å². The van der Waals surface area contributed by atoms with Crippen molar-refractivity contribution in [3.63, 3.8) is 0 Å². The highest BCUT2D eigenvalue weighted by atomic mass is 15.0. The van der Waals surface area contributed by atoms with E-state index in [2.05, 4.69) is 71.7 Å². The van der Waals surface area contributed by atoms with Gasteiger partial charge in [0.05, 0.1) is 0 Å². The van der Waals surface area contributed by atoms with Crippen LogP contribution < -0.4 is 0 Å². The number of pyridine rings is 1. The summed E-state index contributed by atoms with van der Waals surface area (Å²) in [6.45, 7) is 0. The molecule has 0 radical (unpaired) electrons. The number of hydrogen-bond acceptors (Lipinski definition) is 4. The lowest BCUT2D eigenvalue weighted by Crippen LogP contribution is -2.00. The molecule has 0 aliphatic heterocycles. The summed E-state index contributed by atoms with van der Waals surface area (Å²) in [6, 6.07) is 37.6. The smallest absolute Gasteiger partial charge is 0.164 e. The molecule has 36 heavy (non-hydrogen) atoms. The Morgan fingerprint density at radius 1 is 0.333 bits per heavy atom. The van der Waals surface area contributed by atoms with E-state index in [1.165, 1.54) is 32.3 Å². The average Bonchev–Trinajstić information content (AvgIpc) is 2.98. The van der Waals surface area contributed by atoms with Crippen LogP contribution in [0.5, 0.6) is 0 Å². The third-order valence-electron chi connectivity index (χ3n) is 6.61. The van der Waals surface area contributed by atoms with Crippen LogP contribution in [0.4, 0.5) is 0 Å². The molecule has 0 saturated heterocycles. The molecule has 0 atom stereocenters. The summed E-state index contributed by atoms with van der Waals surface area (Å²) in [5.41, 5.74) is 2.81. The minimum Gasteiger partial charge on any atom is -0.265 e. The minimum absolute atomic E-state index is 0.629. The monoisotopic (exact) mass is 460 g/mol. The van der Waals surface area contributed by atoms with Crippen LogP contribution in [0, 0.1) is 0 Å². The van der Waals surface area contributed by atoms with Crippen LogP contribution in [0.2, 0.25) is 0 Å². The lowest BCUT2D eigenvalue weighted by Gasteiger charge is -2.12. The van der Waals surface area contributed by atoms with Crippen LogP contribution in [0.25, 0.3) is 66.5 Å². The van der Waals surface area contributed by atoms with Gasteiger partial charge in [-0.2, -0.15) is 0 Å². The van der Waals surface area contributed by atoms with Crippen molar-refractivity contribution in [2.45, 2.75) is 0 Å². The summed E-state index contributed by atoms with van der Waals surface area (Å²) in [5.74, 6) is 1.93. The molecule has 5 aromatic carbocycles. The van der Waals surface area contributed by atoms with Gasteiger partial charge in [0.2, 0.25) is 0 Å². The zero-order valence-electron chi connectivity index (χ0n) is 19.3. The molecular formula is C32H20N4. The molecule has 0 spiro atoms. The number of rotatable bonds is 3. The molecule has 0 N–H and O–H groups in total. The normalized spacial score (nSPS) is 11.3. The van der Waals surface area contributed by atoms with Crippen LogP contribution in [-0.4, -0.2) is 19.9 Å². The molecule has 4 heteroatoms. The largest absolute Gasteiger partial charge is 0.265 e. The maximum atomic E-state index is 4.91. The highest BCUT2D eigenvalue weighted by Gasteiger charge is 2.14. The summed E-state index contributed by atoms with van der Waals surface area (Å²) < 4.78 is 0. The van der Waals surface area contributed by atoms with Gasteiger partial charge in [-0.15, -0.1) is 0 Å². The maximum Gasteiger partial charge on any atom is 0.164 e. The first-order valence-corrected chi connectivity index (χ1v) is 11.9. The van der Waals surface area contributed by atoms with E-state index in [1.807, 2.05) is 42.5 Å². The van der Waals surface area contributed by atoms with E-state index in [1.54, 1.807) is 12.4 Å². The van der Waals surface area contributed by atoms with Gasteiger partial charge in [-0.05, 0) is 50.5 Å². The van der Waals surface area contributed by atoms with Gasteiger partial charge in [0.1, 0.15) is 0 Å². The molecule has 0 aliphatic carbocycles. The summed E-state index contributed by atoms with van der Waals surface area (Å²) in [6.07, 6.45) is 3.52. The van der Waals surface area contributed by atoms with Crippen LogP contribution in [0.15, 0.2) is 122 Å². The fourth-order valence-electron chi connectivity index (χ4n) is 4.90. The number of benzene rings is 5. The molecule has 0 amide bonds. The fraction of sp³-hybridized carbons (Fsp3) is 0. The SMILES string of the molecule is c1ccc(-c2nc(-c3ccncc3)nc(-c3ccc4c5ccccc5c5ccccc5c4c3)n2)cc1. The summed E-state index contributed by atoms with van der Waals surface area (Å²) in [4.78, 5) is 18.8. The van der Waals surface area contributed by atoms with Crippen molar-refractivity contribution in [2.75, 3.05) is 0 Å². The van der Waals surface area contributed by atoms with E-state index in [0.717, 1.165) is 16.7 Å². The highest BCUT2D eigenvalue weighted by molar-refractivity contribution is 6.25. The van der Waals surface area contributed by atoms with Gasteiger partial charge >= 0.3 is 0 Å². The Kier molecular flexibility index (Phi) is 4.74. The van der Waals surface area contributed by atoms with E-state index in [0.29, 0.717) is 17.5 Å². The number of aromatic nitrogens is 4. The van der Waals surface area contributed by atoms with Crippen molar-refractivity contribution in [1.82, 2.24) is 19.9 Å². The molecule has 0 aliphatic rings. The third kappa shape index (κ3) is 3.39. The summed E-state index contributed by atoms with van der Waals surface area (Å²) >= 11 is 0. The Morgan fingerprint density at radius 3 is 1.36 bits per heavy atom. The predicted octanol–water partition coefficient (Wildman–Crippen LogP) is 7.73. The van der Waals surface area contributed by atoms with Gasteiger partial charge < -0.3 is 0 Å². The molecule has 0 bridgehead atoms. The van der Waals surface area contributed by atoms with Crippen LogP contribution >= 0.6 is 0 Å². The first-order chi connectivity index (χ1) is 17.8. The van der Waals surface area contributed by atoms with Crippen molar-refractivity contribution in [1.29, 1.82) is 0 Å². The second-order valence-corrected chi connectivity index (χ2v) is 8.76. The topological polar surface area (TPSA) is 51.6 Å². The molecule has 0 fully saturated rings. The van der Waals surface area contributed by atoms with Gasteiger partial charge in [-0.3, -0.25) is 4.98 Å². The molecule has 168 valence electrons. The van der Waals surface area contributed by atoms with E-state index in [-0.39, 0.29) is 0 Å². The second-order valence-electron chi connectivity index (χ2n) is 8.76. The minimum atomic E-state index is 0.629. The standard InChI is InChI=1S/C32H20N4/c1-2-8-21(9-3-1)30-34-31(22-16-18-33-19-17-22)36-32(35-30)23-14-15-28-26-12-5-4-10-24(26)25-11-6-7-13-27(25)29(28)20-23/h1-20H. The number of nitrogens with zero attached hydrogens (tertiary/aromatic N) is 4. The molecule has 7 rings (SSSR count). The van der Waals surface area contributed by atoms with Crippen molar-refractivity contribution in [2.24, 2.45) is 0 Å². The maximum absolute atomic E-state index is 4.91. The van der Waals surface area contributed by atoms with Crippen LogP contribution in [0.3, 0.4) is 0 Å². The van der Waals surface area contributed by atoms with Gasteiger partial charge in [-0.1, -0.05) is 91.0 Å². The van der Waals surface area contributed by atoms with Gasteiger partial charge in [0, 0.05) is 29.1 Å². The van der Waals surface area contributed by atoms with E-state index < -0.39 is 0 Å². The molecule has 0 saturated carbocycles. The Balaban J connectivity index is 1.51. The van der Waals surface area contributed by atoms with Crippen LogP contribution in [0.1, 0.15) is 0 Å². The van der Waals surface area contributed by atoms with Crippen molar-refractivity contribution in [3.8, 4) is 34.2 Å². The molecule has 7 aromatic rings. The van der Waals surface area contributed by atoms with Crippen molar-refractivity contribution in [3.05, 3.63) is 122 Å². The zero-order valence-corrected chi connectivity index (χ0v) is 19.3. The Labute approximate surface area is 208 Å². The highest BCUT2D eigenvalue weighted by Crippen LogP contribution is 2.37. The predicted molar refractivity (Wildman–Crippen MR) is 146 cm³/mol. The van der Waals surface area contributed by atoms with E-state index in [9.17, 15) is 0 Å². The number of hydrogen-bond donors (Lipinski definition) is 0. The lowest BCUT2D eigenvalue weighted by atomic mass is 9.93. The third-order valence-corrected chi connectivity index (χ3v) is 6.61. The molecule has 2 aromatic heterocycles.